The molecule has 0 N–H and O–H groups in total. The summed E-state index contributed by atoms with van der Waals surface area (Å²) in [4.78, 5) is 10.6. The number of nitrogens with zero attached hydrogens (tertiary/aromatic N) is 1. The minimum atomic E-state index is 0.176. The van der Waals surface area contributed by atoms with Gasteiger partial charge in [-0.3, -0.25) is 0 Å². The highest BCUT2D eigenvalue weighted by Crippen LogP contribution is 2.14. The number of carbonyl (C=O) groups is 1. The summed E-state index contributed by atoms with van der Waals surface area (Å²) < 4.78 is 13.8. The summed E-state index contributed by atoms with van der Waals surface area (Å²) in [6, 6.07) is 0. The Balaban J connectivity index is 4.14. The molecule has 0 fully saturated rings. The molecular formula is C49H96NO3+. The van der Waals surface area contributed by atoms with E-state index in [1.807, 2.05) is 0 Å². The van der Waals surface area contributed by atoms with E-state index in [1.54, 1.807) is 0 Å². The van der Waals surface area contributed by atoms with Gasteiger partial charge in [-0.25, -0.2) is 0 Å². The van der Waals surface area contributed by atoms with Crippen LogP contribution in [0.5, 0.6) is 0 Å². The van der Waals surface area contributed by atoms with Gasteiger partial charge in [-0.05, 0) is 83.5 Å². The van der Waals surface area contributed by atoms with E-state index in [2.05, 4.69) is 52.2 Å². The Labute approximate surface area is 333 Å². The van der Waals surface area contributed by atoms with Gasteiger partial charge in [0.05, 0.1) is 27.2 Å². The van der Waals surface area contributed by atoms with Gasteiger partial charge in [-0.2, -0.15) is 0 Å². The van der Waals surface area contributed by atoms with Crippen LogP contribution in [0.3, 0.4) is 0 Å². The van der Waals surface area contributed by atoms with Crippen molar-refractivity contribution in [3.8, 4) is 0 Å². The molecule has 1 atom stereocenters. The topological polar surface area (TPSA) is 35.5 Å². The molecule has 0 aromatic carbocycles. The fourth-order valence-corrected chi connectivity index (χ4v) is 7.36. The van der Waals surface area contributed by atoms with Gasteiger partial charge in [0, 0.05) is 19.6 Å². The summed E-state index contributed by atoms with van der Waals surface area (Å²) in [6.45, 7) is 9.23. The lowest BCUT2D eigenvalue weighted by Crippen LogP contribution is -2.48. The summed E-state index contributed by atoms with van der Waals surface area (Å²) in [5, 5.41) is 0. The molecule has 1 unspecified atom stereocenters. The van der Waals surface area contributed by atoms with Crippen molar-refractivity contribution >= 4 is 6.29 Å². The molecule has 4 nitrogen and oxygen atoms in total. The highest BCUT2D eigenvalue weighted by Gasteiger charge is 2.23. The van der Waals surface area contributed by atoms with E-state index < -0.39 is 0 Å². The van der Waals surface area contributed by atoms with E-state index in [9.17, 15) is 4.79 Å². The second-order valence-corrected chi connectivity index (χ2v) is 17.0. The van der Waals surface area contributed by atoms with Crippen LogP contribution in [0.1, 0.15) is 232 Å². The normalized spacial score (nSPS) is 12.8. The SMILES string of the molecule is CCCCCCCC/C=C\CCCCCCCCOCC(C[N+](C)(C)CCCCCCCC=O)OCCCCCCCC/C=C\CCCCCCCC. The number of likely N-dealkylation sites (N-methyl/N-ethyl adjacent to an activating group) is 1. The van der Waals surface area contributed by atoms with E-state index in [0.29, 0.717) is 0 Å². The zero-order valence-corrected chi connectivity index (χ0v) is 36.7. The van der Waals surface area contributed by atoms with Crippen LogP contribution < -0.4 is 0 Å². The van der Waals surface area contributed by atoms with Gasteiger partial charge >= 0.3 is 0 Å². The summed E-state index contributed by atoms with van der Waals surface area (Å²) in [7, 11) is 4.72. The van der Waals surface area contributed by atoms with Crippen molar-refractivity contribution in [2.75, 3.05) is 47.0 Å². The Kier molecular flexibility index (Phi) is 43.0. The number of rotatable bonds is 45. The molecule has 0 rings (SSSR count). The van der Waals surface area contributed by atoms with Crippen LogP contribution in [0.4, 0.5) is 0 Å². The maximum Gasteiger partial charge on any atom is 0.130 e. The number of unbranched alkanes of at least 4 members (excludes halogenated alkanes) is 29. The Morgan fingerprint density at radius 3 is 1.23 bits per heavy atom. The standard InChI is InChI=1S/C49H96NO3/c1-5-7-9-11-13-15-17-19-21-23-25-27-29-33-37-41-45-52-48-49(47-50(3,4)43-39-35-31-32-36-40-44-51)53-46-42-38-34-30-28-26-24-22-20-18-16-14-12-10-8-6-2/h19-22,44,49H,5-18,23-43,45-48H2,1-4H3/q+1/b21-19-,22-20-. The number of allylic oxidation sites excluding steroid dienone is 4. The fraction of sp³-hybridized carbons (Fsp3) is 0.898. The molecule has 0 amide bonds. The largest absolute Gasteiger partial charge is 0.379 e. The van der Waals surface area contributed by atoms with Gasteiger partial charge in [0.2, 0.25) is 0 Å². The minimum Gasteiger partial charge on any atom is -0.379 e. The summed E-state index contributed by atoms with van der Waals surface area (Å²) >= 11 is 0. The van der Waals surface area contributed by atoms with Crippen molar-refractivity contribution in [1.82, 2.24) is 0 Å². The fourth-order valence-electron chi connectivity index (χ4n) is 7.36. The first kappa shape index (κ1) is 52.0. The van der Waals surface area contributed by atoms with Crippen LogP contribution in [0.15, 0.2) is 24.3 Å². The predicted octanol–water partition coefficient (Wildman–Crippen LogP) is 15.1. The first-order valence-electron chi connectivity index (χ1n) is 23.8. The van der Waals surface area contributed by atoms with Crippen LogP contribution in [0, 0.1) is 0 Å². The number of hydrogen-bond donors (Lipinski definition) is 0. The number of carbonyl (C=O) groups excluding carboxylic acids is 1. The van der Waals surface area contributed by atoms with E-state index in [4.69, 9.17) is 9.47 Å². The summed E-state index contributed by atoms with van der Waals surface area (Å²) in [6.07, 6.45) is 55.1. The molecule has 0 saturated heterocycles. The highest BCUT2D eigenvalue weighted by molar-refractivity contribution is 5.48. The maximum absolute atomic E-state index is 10.6. The van der Waals surface area contributed by atoms with Crippen LogP contribution in [-0.4, -0.2) is 63.9 Å². The van der Waals surface area contributed by atoms with Crippen LogP contribution in [0.2, 0.25) is 0 Å². The predicted molar refractivity (Wildman–Crippen MR) is 235 cm³/mol. The molecule has 0 radical (unpaired) electrons. The molecule has 0 aromatic heterocycles. The molecule has 0 heterocycles. The third-order valence-corrected chi connectivity index (χ3v) is 10.9. The number of hydrogen-bond acceptors (Lipinski definition) is 3. The van der Waals surface area contributed by atoms with E-state index in [1.165, 1.54) is 206 Å². The monoisotopic (exact) mass is 747 g/mol. The van der Waals surface area contributed by atoms with Crippen molar-refractivity contribution < 1.29 is 18.8 Å². The first-order valence-corrected chi connectivity index (χ1v) is 23.8. The average Bonchev–Trinajstić information content (AvgIpc) is 3.15. The second kappa shape index (κ2) is 43.8. The Bertz CT molecular complexity index is 763. The van der Waals surface area contributed by atoms with Crippen molar-refractivity contribution in [2.45, 2.75) is 238 Å². The molecule has 0 aliphatic heterocycles. The maximum atomic E-state index is 10.6. The lowest BCUT2D eigenvalue weighted by Gasteiger charge is -2.33. The lowest BCUT2D eigenvalue weighted by molar-refractivity contribution is -0.893. The average molecular weight is 747 g/mol. The van der Waals surface area contributed by atoms with E-state index >= 15 is 0 Å². The zero-order valence-electron chi connectivity index (χ0n) is 36.7. The molecule has 0 saturated carbocycles. The quantitative estimate of drug-likeness (QED) is 0.0269. The number of aldehydes is 1. The van der Waals surface area contributed by atoms with Gasteiger partial charge in [-0.1, -0.05) is 167 Å². The van der Waals surface area contributed by atoms with Crippen molar-refractivity contribution in [3.05, 3.63) is 24.3 Å². The molecule has 0 spiro atoms. The van der Waals surface area contributed by atoms with Gasteiger partial charge in [-0.15, -0.1) is 0 Å². The Hall–Kier alpha value is -0.970. The van der Waals surface area contributed by atoms with Gasteiger partial charge in [0.1, 0.15) is 18.9 Å². The number of quaternary nitrogens is 1. The minimum absolute atomic E-state index is 0.176. The van der Waals surface area contributed by atoms with Crippen LogP contribution >= 0.6 is 0 Å². The van der Waals surface area contributed by atoms with Gasteiger partial charge in [0.15, 0.2) is 0 Å². The molecule has 0 aromatic rings. The number of ether oxygens (including phenoxy) is 2. The van der Waals surface area contributed by atoms with Gasteiger partial charge < -0.3 is 18.8 Å². The van der Waals surface area contributed by atoms with Crippen molar-refractivity contribution in [2.24, 2.45) is 0 Å². The molecule has 0 aliphatic rings. The zero-order chi connectivity index (χ0) is 38.6. The summed E-state index contributed by atoms with van der Waals surface area (Å²) in [5.41, 5.74) is 0. The molecule has 4 heteroatoms. The summed E-state index contributed by atoms with van der Waals surface area (Å²) in [5.74, 6) is 0. The smallest absolute Gasteiger partial charge is 0.130 e. The van der Waals surface area contributed by atoms with Gasteiger partial charge in [0.25, 0.3) is 0 Å². The van der Waals surface area contributed by atoms with Crippen molar-refractivity contribution in [3.63, 3.8) is 0 Å². The first-order chi connectivity index (χ1) is 26.1. The third kappa shape index (κ3) is 43.6. The highest BCUT2D eigenvalue weighted by atomic mass is 16.5. The molecule has 314 valence electrons. The van der Waals surface area contributed by atoms with Crippen LogP contribution in [-0.2, 0) is 14.3 Å². The van der Waals surface area contributed by atoms with Crippen molar-refractivity contribution in [1.29, 1.82) is 0 Å². The molecular weight excluding hydrogens is 651 g/mol. The molecule has 0 aliphatic carbocycles. The van der Waals surface area contributed by atoms with E-state index in [-0.39, 0.29) is 6.10 Å². The molecule has 0 bridgehead atoms. The third-order valence-electron chi connectivity index (χ3n) is 10.9. The van der Waals surface area contributed by atoms with E-state index in [0.717, 1.165) is 56.4 Å². The molecule has 53 heavy (non-hydrogen) atoms. The Morgan fingerprint density at radius 2 is 0.792 bits per heavy atom. The van der Waals surface area contributed by atoms with Crippen LogP contribution in [0.25, 0.3) is 0 Å². The Morgan fingerprint density at radius 1 is 0.434 bits per heavy atom. The second-order valence-electron chi connectivity index (χ2n) is 17.0. The lowest BCUT2D eigenvalue weighted by atomic mass is 10.1.